The molecule has 0 spiro atoms. The van der Waals surface area contributed by atoms with E-state index in [4.69, 9.17) is 9.47 Å². The summed E-state index contributed by atoms with van der Waals surface area (Å²) in [6.45, 7) is 3.27. The number of carbonyl (C=O) groups excluding carboxylic acids is 1. The van der Waals surface area contributed by atoms with Crippen molar-refractivity contribution in [3.63, 3.8) is 0 Å². The van der Waals surface area contributed by atoms with Crippen LogP contribution in [-0.2, 0) is 13.1 Å². The first-order chi connectivity index (χ1) is 13.1. The lowest BCUT2D eigenvalue weighted by atomic mass is 10.1. The third-order valence-electron chi connectivity index (χ3n) is 4.09. The normalized spacial score (nSPS) is 10.5. The van der Waals surface area contributed by atoms with Crippen LogP contribution in [0.15, 0.2) is 42.9 Å². The van der Waals surface area contributed by atoms with Gasteiger partial charge in [-0.3, -0.25) is 4.79 Å². The predicted molar refractivity (Wildman–Crippen MR) is 99.6 cm³/mol. The molecule has 0 fully saturated rings. The fourth-order valence-electron chi connectivity index (χ4n) is 2.59. The molecule has 1 amide bonds. The number of hydrogen-bond donors (Lipinski definition) is 1. The molecule has 2 heterocycles. The fraction of sp³-hybridized carbons (Fsp3) is 0.263. The van der Waals surface area contributed by atoms with Gasteiger partial charge in [-0.25, -0.2) is 4.98 Å². The Morgan fingerprint density at radius 2 is 1.93 bits per heavy atom. The quantitative estimate of drug-likeness (QED) is 0.689. The number of aryl methyl sites for hydroxylation is 1. The molecule has 2 aromatic heterocycles. The Morgan fingerprint density at radius 1 is 1.15 bits per heavy atom. The van der Waals surface area contributed by atoms with Crippen molar-refractivity contribution in [2.75, 3.05) is 14.2 Å². The number of rotatable bonds is 7. The maximum Gasteiger partial charge on any atom is 0.320 e. The summed E-state index contributed by atoms with van der Waals surface area (Å²) in [5.41, 5.74) is 3.00. The Balaban J connectivity index is 1.72. The molecule has 27 heavy (non-hydrogen) atoms. The molecule has 140 valence electrons. The van der Waals surface area contributed by atoms with Crippen LogP contribution < -0.4 is 14.8 Å². The van der Waals surface area contributed by atoms with E-state index < -0.39 is 0 Å². The van der Waals surface area contributed by atoms with Gasteiger partial charge in [0, 0.05) is 29.9 Å². The van der Waals surface area contributed by atoms with Crippen LogP contribution in [0, 0.1) is 0 Å². The molecule has 0 saturated heterocycles. The average Bonchev–Trinajstić information content (AvgIpc) is 3.19. The van der Waals surface area contributed by atoms with Crippen LogP contribution in [0.4, 0.5) is 0 Å². The number of imidazole rings is 1. The molecule has 0 aliphatic heterocycles. The highest BCUT2D eigenvalue weighted by Gasteiger charge is 2.10. The Labute approximate surface area is 157 Å². The highest BCUT2D eigenvalue weighted by Crippen LogP contribution is 2.23. The Kier molecular flexibility index (Phi) is 5.65. The lowest BCUT2D eigenvalue weighted by Crippen LogP contribution is -2.24. The topological polar surface area (TPSA) is 91.2 Å². The van der Waals surface area contributed by atoms with E-state index in [9.17, 15) is 4.79 Å². The van der Waals surface area contributed by atoms with E-state index in [0.717, 1.165) is 17.8 Å². The van der Waals surface area contributed by atoms with E-state index in [1.807, 2.05) is 23.6 Å². The van der Waals surface area contributed by atoms with Crippen molar-refractivity contribution in [3.05, 3.63) is 54.1 Å². The standard InChI is InChI=1S/C19H21N5O3/c1-4-24-12-20-10-15(24)11-21-18(25)14-7-5-13(6-8-14)16-9-17(26-2)23-19(22-16)27-3/h5-10,12H,4,11H2,1-3H3,(H,21,25). The number of aromatic nitrogens is 4. The fourth-order valence-corrected chi connectivity index (χ4v) is 2.59. The molecule has 3 aromatic rings. The molecule has 1 aromatic carbocycles. The monoisotopic (exact) mass is 367 g/mol. The molecule has 0 saturated carbocycles. The molecule has 0 bridgehead atoms. The smallest absolute Gasteiger partial charge is 0.320 e. The Morgan fingerprint density at radius 3 is 2.59 bits per heavy atom. The molecule has 0 atom stereocenters. The highest BCUT2D eigenvalue weighted by molar-refractivity contribution is 5.94. The first kappa shape index (κ1) is 18.4. The van der Waals surface area contributed by atoms with Crippen LogP contribution in [-0.4, -0.2) is 39.6 Å². The number of ether oxygens (including phenoxy) is 2. The summed E-state index contributed by atoms with van der Waals surface area (Å²) in [6, 6.07) is 9.09. The lowest BCUT2D eigenvalue weighted by Gasteiger charge is -2.09. The molecule has 1 N–H and O–H groups in total. The summed E-state index contributed by atoms with van der Waals surface area (Å²) in [5.74, 6) is 0.259. The van der Waals surface area contributed by atoms with Gasteiger partial charge in [-0.15, -0.1) is 0 Å². The first-order valence-electron chi connectivity index (χ1n) is 8.49. The summed E-state index contributed by atoms with van der Waals surface area (Å²) in [5, 5.41) is 2.91. The van der Waals surface area contributed by atoms with Gasteiger partial charge in [-0.05, 0) is 19.1 Å². The number of amides is 1. The second-order valence-corrected chi connectivity index (χ2v) is 5.71. The average molecular weight is 367 g/mol. The van der Waals surface area contributed by atoms with Crippen molar-refractivity contribution < 1.29 is 14.3 Å². The summed E-state index contributed by atoms with van der Waals surface area (Å²) in [6.07, 6.45) is 3.50. The van der Waals surface area contributed by atoms with Crippen molar-refractivity contribution in [2.45, 2.75) is 20.0 Å². The third-order valence-corrected chi connectivity index (χ3v) is 4.09. The highest BCUT2D eigenvalue weighted by atomic mass is 16.5. The van der Waals surface area contributed by atoms with Crippen LogP contribution >= 0.6 is 0 Å². The van der Waals surface area contributed by atoms with Gasteiger partial charge in [0.1, 0.15) is 0 Å². The minimum atomic E-state index is -0.150. The minimum Gasteiger partial charge on any atom is -0.481 e. The minimum absolute atomic E-state index is 0.150. The van der Waals surface area contributed by atoms with Crippen molar-refractivity contribution in [1.29, 1.82) is 0 Å². The maximum atomic E-state index is 12.4. The van der Waals surface area contributed by atoms with E-state index in [1.54, 1.807) is 30.7 Å². The van der Waals surface area contributed by atoms with Crippen LogP contribution in [0.25, 0.3) is 11.3 Å². The van der Waals surface area contributed by atoms with Crippen LogP contribution in [0.1, 0.15) is 23.0 Å². The summed E-state index contributed by atoms with van der Waals surface area (Å²) in [7, 11) is 3.03. The van der Waals surface area contributed by atoms with Crippen LogP contribution in [0.5, 0.6) is 11.9 Å². The molecule has 8 heteroatoms. The second kappa shape index (κ2) is 8.31. The zero-order valence-electron chi connectivity index (χ0n) is 15.5. The molecular weight excluding hydrogens is 346 g/mol. The van der Waals surface area contributed by atoms with Crippen LogP contribution in [0.2, 0.25) is 0 Å². The largest absolute Gasteiger partial charge is 0.481 e. The summed E-state index contributed by atoms with van der Waals surface area (Å²) >= 11 is 0. The Bertz CT molecular complexity index is 899. The number of methoxy groups -OCH3 is 2. The van der Waals surface area contributed by atoms with Gasteiger partial charge < -0.3 is 19.4 Å². The van der Waals surface area contributed by atoms with Gasteiger partial charge in [0.2, 0.25) is 5.88 Å². The number of nitrogens with zero attached hydrogens (tertiary/aromatic N) is 4. The van der Waals surface area contributed by atoms with E-state index >= 15 is 0 Å². The maximum absolute atomic E-state index is 12.4. The summed E-state index contributed by atoms with van der Waals surface area (Å²) < 4.78 is 12.2. The number of carbonyl (C=O) groups is 1. The number of hydrogen-bond acceptors (Lipinski definition) is 6. The second-order valence-electron chi connectivity index (χ2n) is 5.71. The molecule has 0 aliphatic rings. The molecule has 3 rings (SSSR count). The predicted octanol–water partition coefficient (Wildman–Crippen LogP) is 2.31. The van der Waals surface area contributed by atoms with E-state index in [-0.39, 0.29) is 11.9 Å². The van der Waals surface area contributed by atoms with E-state index in [2.05, 4.69) is 20.3 Å². The molecule has 8 nitrogen and oxygen atoms in total. The van der Waals surface area contributed by atoms with Crippen LogP contribution in [0.3, 0.4) is 0 Å². The summed E-state index contributed by atoms with van der Waals surface area (Å²) in [4.78, 5) is 24.9. The van der Waals surface area contributed by atoms with Crippen molar-refractivity contribution >= 4 is 5.91 Å². The van der Waals surface area contributed by atoms with Gasteiger partial charge in [0.15, 0.2) is 0 Å². The molecule has 0 aliphatic carbocycles. The first-order valence-corrected chi connectivity index (χ1v) is 8.49. The van der Waals surface area contributed by atoms with Gasteiger partial charge in [-0.1, -0.05) is 12.1 Å². The SMILES string of the molecule is CCn1cncc1CNC(=O)c1ccc(-c2cc(OC)nc(OC)n2)cc1. The molecule has 0 radical (unpaired) electrons. The van der Waals surface area contributed by atoms with Gasteiger partial charge in [0.05, 0.1) is 38.5 Å². The number of benzene rings is 1. The zero-order valence-corrected chi connectivity index (χ0v) is 15.5. The van der Waals surface area contributed by atoms with Gasteiger partial charge in [-0.2, -0.15) is 9.97 Å². The third kappa shape index (κ3) is 4.22. The zero-order chi connectivity index (χ0) is 19.2. The van der Waals surface area contributed by atoms with Crippen molar-refractivity contribution in [1.82, 2.24) is 24.8 Å². The molecular formula is C19H21N5O3. The van der Waals surface area contributed by atoms with Gasteiger partial charge in [0.25, 0.3) is 5.91 Å². The number of nitrogens with one attached hydrogen (secondary N) is 1. The lowest BCUT2D eigenvalue weighted by molar-refractivity contribution is 0.0950. The Hall–Kier alpha value is -3.42. The van der Waals surface area contributed by atoms with Crippen molar-refractivity contribution in [2.24, 2.45) is 0 Å². The molecule has 0 unspecified atom stereocenters. The van der Waals surface area contributed by atoms with Gasteiger partial charge >= 0.3 is 6.01 Å². The van der Waals surface area contributed by atoms with E-state index in [1.165, 1.54) is 14.2 Å². The van der Waals surface area contributed by atoms with Crippen molar-refractivity contribution in [3.8, 4) is 23.1 Å². The van der Waals surface area contributed by atoms with E-state index in [0.29, 0.717) is 23.7 Å².